The second kappa shape index (κ2) is 14.8. The highest BCUT2D eigenvalue weighted by Crippen LogP contribution is 2.27. The summed E-state index contributed by atoms with van der Waals surface area (Å²) in [5.74, 6) is -2.70. The van der Waals surface area contributed by atoms with Gasteiger partial charge in [0.15, 0.2) is 0 Å². The lowest BCUT2D eigenvalue weighted by Gasteiger charge is -2.13. The van der Waals surface area contributed by atoms with E-state index in [1.165, 1.54) is 36.0 Å². The van der Waals surface area contributed by atoms with Crippen LogP contribution in [0, 0.1) is 0 Å². The van der Waals surface area contributed by atoms with Crippen LogP contribution in [0.2, 0.25) is 15.1 Å². The maximum atomic E-state index is 13.4. The molecule has 0 fully saturated rings. The van der Waals surface area contributed by atoms with Crippen LogP contribution in [0.15, 0.2) is 102 Å². The zero-order valence-corrected chi connectivity index (χ0v) is 25.2. The summed E-state index contributed by atoms with van der Waals surface area (Å²) < 4.78 is 0. The number of halogens is 3. The van der Waals surface area contributed by atoms with Gasteiger partial charge in [-0.2, -0.15) is 0 Å². The number of carbonyl (C=O) groups is 4. The number of thioether (sulfide) groups is 1. The van der Waals surface area contributed by atoms with Gasteiger partial charge in [0, 0.05) is 37.4 Å². The number of rotatable bonds is 10. The minimum absolute atomic E-state index is 0.00568. The standard InChI is InChI=1S/C31H22Cl3N3O5S/c32-24-10-5-11-25(33)22(24)16-27(37-29(39)18-6-2-1-3-7-18)30(40)36-19-8-4-9-21(14-19)43-17-28(38)35-20-12-13-26(34)23(15-20)31(41)42/h1-16H,17H2,(H,35,38)(H,36,40)(H,37,39)(H,41,42)/b27-16+. The average molecular weight is 655 g/mol. The Bertz CT molecular complexity index is 1710. The minimum atomic E-state index is -1.21. The van der Waals surface area contributed by atoms with Crippen molar-refractivity contribution in [2.75, 3.05) is 16.4 Å². The number of aromatic carboxylic acids is 1. The van der Waals surface area contributed by atoms with Crippen LogP contribution < -0.4 is 16.0 Å². The highest BCUT2D eigenvalue weighted by atomic mass is 35.5. The molecule has 43 heavy (non-hydrogen) atoms. The van der Waals surface area contributed by atoms with Crippen molar-refractivity contribution in [3.05, 3.63) is 128 Å². The second-order valence-corrected chi connectivity index (χ2v) is 11.1. The molecule has 0 aliphatic heterocycles. The number of hydrogen-bond acceptors (Lipinski definition) is 5. The van der Waals surface area contributed by atoms with Crippen molar-refractivity contribution in [1.29, 1.82) is 0 Å². The molecule has 0 unspecified atom stereocenters. The van der Waals surface area contributed by atoms with Crippen molar-refractivity contribution in [3.8, 4) is 0 Å². The number of nitrogens with one attached hydrogen (secondary N) is 3. The van der Waals surface area contributed by atoms with Gasteiger partial charge in [0.25, 0.3) is 11.8 Å². The molecular weight excluding hydrogens is 633 g/mol. The number of anilines is 2. The van der Waals surface area contributed by atoms with Gasteiger partial charge in [-0.1, -0.05) is 65.1 Å². The Morgan fingerprint density at radius 3 is 2.12 bits per heavy atom. The molecule has 4 N–H and O–H groups in total. The number of carbonyl (C=O) groups excluding carboxylic acids is 3. The van der Waals surface area contributed by atoms with E-state index in [0.29, 0.717) is 37.4 Å². The summed E-state index contributed by atoms with van der Waals surface area (Å²) >= 11 is 19.7. The molecule has 4 aromatic rings. The fraction of sp³-hybridized carbons (Fsp3) is 0.0323. The highest BCUT2D eigenvalue weighted by molar-refractivity contribution is 8.00. The van der Waals surface area contributed by atoms with Gasteiger partial charge >= 0.3 is 5.97 Å². The van der Waals surface area contributed by atoms with Crippen LogP contribution in [0.4, 0.5) is 11.4 Å². The van der Waals surface area contributed by atoms with E-state index in [1.807, 2.05) is 0 Å². The Kier molecular flexibility index (Phi) is 10.9. The largest absolute Gasteiger partial charge is 0.478 e. The van der Waals surface area contributed by atoms with Crippen molar-refractivity contribution >= 4 is 87.7 Å². The first-order chi connectivity index (χ1) is 20.6. The fourth-order valence-electron chi connectivity index (χ4n) is 3.71. The summed E-state index contributed by atoms with van der Waals surface area (Å²) in [5.41, 5.74) is 1.19. The molecule has 218 valence electrons. The third kappa shape index (κ3) is 8.86. The smallest absolute Gasteiger partial charge is 0.337 e. The topological polar surface area (TPSA) is 125 Å². The Morgan fingerprint density at radius 1 is 0.744 bits per heavy atom. The van der Waals surface area contributed by atoms with Crippen molar-refractivity contribution < 1.29 is 24.3 Å². The van der Waals surface area contributed by atoms with E-state index < -0.39 is 17.8 Å². The molecule has 0 saturated carbocycles. The lowest BCUT2D eigenvalue weighted by molar-refractivity contribution is -0.114. The van der Waals surface area contributed by atoms with Crippen LogP contribution >= 0.6 is 46.6 Å². The molecule has 4 aromatic carbocycles. The van der Waals surface area contributed by atoms with Crippen molar-refractivity contribution in [2.24, 2.45) is 0 Å². The Hall–Kier alpha value is -4.28. The number of carboxylic acid groups (broad SMARTS) is 1. The third-order valence-electron chi connectivity index (χ3n) is 5.76. The molecule has 0 radical (unpaired) electrons. The minimum Gasteiger partial charge on any atom is -0.478 e. The van der Waals surface area contributed by atoms with E-state index in [2.05, 4.69) is 16.0 Å². The van der Waals surface area contributed by atoms with E-state index in [-0.39, 0.29) is 27.9 Å². The molecule has 8 nitrogen and oxygen atoms in total. The van der Waals surface area contributed by atoms with E-state index in [4.69, 9.17) is 34.8 Å². The first kappa shape index (κ1) is 31.7. The maximum absolute atomic E-state index is 13.4. The quantitative estimate of drug-likeness (QED) is 0.104. The van der Waals surface area contributed by atoms with Gasteiger partial charge in [0.1, 0.15) is 5.70 Å². The van der Waals surface area contributed by atoms with Gasteiger partial charge < -0.3 is 21.1 Å². The van der Waals surface area contributed by atoms with E-state index in [0.717, 1.165) is 0 Å². The number of benzene rings is 4. The van der Waals surface area contributed by atoms with E-state index in [1.54, 1.807) is 72.8 Å². The predicted octanol–water partition coefficient (Wildman–Crippen LogP) is 7.49. The molecule has 4 rings (SSSR count). The Balaban J connectivity index is 1.47. The van der Waals surface area contributed by atoms with Crippen LogP contribution in [0.3, 0.4) is 0 Å². The number of hydrogen-bond donors (Lipinski definition) is 4. The van der Waals surface area contributed by atoms with Crippen LogP contribution in [0.1, 0.15) is 26.3 Å². The summed E-state index contributed by atoms with van der Waals surface area (Å²) in [6.07, 6.45) is 1.40. The van der Waals surface area contributed by atoms with Gasteiger partial charge in [-0.05, 0) is 66.7 Å². The molecule has 0 spiro atoms. The van der Waals surface area contributed by atoms with E-state index in [9.17, 15) is 24.3 Å². The lowest BCUT2D eigenvalue weighted by Crippen LogP contribution is -2.30. The normalized spacial score (nSPS) is 11.0. The Labute approximate surface area is 266 Å². The molecule has 3 amide bonds. The summed E-state index contributed by atoms with van der Waals surface area (Å²) in [6.45, 7) is 0. The second-order valence-electron chi connectivity index (χ2n) is 8.83. The molecule has 0 heterocycles. The fourth-order valence-corrected chi connectivity index (χ4v) is 5.17. The van der Waals surface area contributed by atoms with Gasteiger partial charge in [-0.3, -0.25) is 14.4 Å². The van der Waals surface area contributed by atoms with Crippen molar-refractivity contribution in [3.63, 3.8) is 0 Å². The van der Waals surface area contributed by atoms with E-state index >= 15 is 0 Å². The van der Waals surface area contributed by atoms with Crippen molar-refractivity contribution in [1.82, 2.24) is 5.32 Å². The monoisotopic (exact) mass is 653 g/mol. The van der Waals surface area contributed by atoms with Crippen LogP contribution in [-0.2, 0) is 9.59 Å². The van der Waals surface area contributed by atoms with Gasteiger partial charge in [-0.15, -0.1) is 11.8 Å². The zero-order chi connectivity index (χ0) is 30.9. The van der Waals surface area contributed by atoms with Crippen LogP contribution in [-0.4, -0.2) is 34.6 Å². The summed E-state index contributed by atoms with van der Waals surface area (Å²) in [7, 11) is 0. The highest BCUT2D eigenvalue weighted by Gasteiger charge is 2.17. The molecule has 0 aromatic heterocycles. The number of amides is 3. The first-order valence-electron chi connectivity index (χ1n) is 12.5. The molecule has 0 saturated heterocycles. The molecule has 0 aliphatic carbocycles. The SMILES string of the molecule is O=C(CSc1cccc(NC(=O)/C(=C\c2c(Cl)cccc2Cl)NC(=O)c2ccccc2)c1)Nc1ccc(Cl)c(C(=O)O)c1. The Morgan fingerprint density at radius 2 is 1.42 bits per heavy atom. The first-order valence-corrected chi connectivity index (χ1v) is 14.6. The molecule has 0 atom stereocenters. The predicted molar refractivity (Wildman–Crippen MR) is 171 cm³/mol. The summed E-state index contributed by atoms with van der Waals surface area (Å²) in [4.78, 5) is 50.7. The maximum Gasteiger partial charge on any atom is 0.337 e. The van der Waals surface area contributed by atoms with Gasteiger partial charge in [0.05, 0.1) is 16.3 Å². The lowest BCUT2D eigenvalue weighted by atomic mass is 10.1. The molecule has 0 aliphatic rings. The molecular formula is C31H22Cl3N3O5S. The summed E-state index contributed by atoms with van der Waals surface area (Å²) in [6, 6.07) is 24.3. The third-order valence-corrected chi connectivity index (χ3v) is 7.74. The van der Waals surface area contributed by atoms with Gasteiger partial charge in [-0.25, -0.2) is 4.79 Å². The summed E-state index contributed by atoms with van der Waals surface area (Å²) in [5, 5.41) is 17.9. The number of carboxylic acids is 1. The molecule has 12 heteroatoms. The van der Waals surface area contributed by atoms with Crippen molar-refractivity contribution in [2.45, 2.75) is 4.90 Å². The molecule has 0 bridgehead atoms. The van der Waals surface area contributed by atoms with Crippen LogP contribution in [0.5, 0.6) is 0 Å². The van der Waals surface area contributed by atoms with Crippen LogP contribution in [0.25, 0.3) is 6.08 Å². The zero-order valence-electron chi connectivity index (χ0n) is 22.1. The van der Waals surface area contributed by atoms with Gasteiger partial charge in [0.2, 0.25) is 5.91 Å². The average Bonchev–Trinajstić information content (AvgIpc) is 2.98.